The highest BCUT2D eigenvalue weighted by Crippen LogP contribution is 2.29. The van der Waals surface area contributed by atoms with E-state index in [4.69, 9.17) is 16.4 Å². The summed E-state index contributed by atoms with van der Waals surface area (Å²) in [6, 6.07) is 0.0272. The van der Waals surface area contributed by atoms with E-state index in [1.165, 1.54) is 5.70 Å². The first kappa shape index (κ1) is 12.5. The number of piperidine rings is 1. The molecule has 1 saturated heterocycles. The van der Waals surface area contributed by atoms with E-state index in [-0.39, 0.29) is 6.04 Å². The van der Waals surface area contributed by atoms with Gasteiger partial charge in [-0.2, -0.15) is 0 Å². The summed E-state index contributed by atoms with van der Waals surface area (Å²) < 4.78 is 0. The lowest BCUT2D eigenvalue weighted by molar-refractivity contribution is -0.128. The molecule has 1 aliphatic carbocycles. The van der Waals surface area contributed by atoms with E-state index in [0.29, 0.717) is 11.6 Å². The topological polar surface area (TPSA) is 80.1 Å². The summed E-state index contributed by atoms with van der Waals surface area (Å²) in [5.74, 6) is 0.659. The van der Waals surface area contributed by atoms with Gasteiger partial charge in [-0.25, -0.2) is 0 Å². The summed E-state index contributed by atoms with van der Waals surface area (Å²) in [6.45, 7) is 2.87. The highest BCUT2D eigenvalue weighted by molar-refractivity contribution is 6.06. The first-order chi connectivity index (χ1) is 9.20. The quantitative estimate of drug-likeness (QED) is 0.733. The van der Waals surface area contributed by atoms with Crippen molar-refractivity contribution < 1.29 is 4.94 Å². The Morgan fingerprint density at radius 1 is 1.37 bits per heavy atom. The summed E-state index contributed by atoms with van der Waals surface area (Å²) in [6.07, 6.45) is 6.31. The Balaban J connectivity index is 1.79. The molecule has 0 aromatic carbocycles. The van der Waals surface area contributed by atoms with Gasteiger partial charge < -0.3 is 16.4 Å². The Morgan fingerprint density at radius 3 is 2.79 bits per heavy atom. The number of likely N-dealkylation sites (N-methyl/N-ethyl adjacent to an activating group) is 1. The van der Waals surface area contributed by atoms with Crippen LogP contribution in [0.2, 0.25) is 0 Å². The van der Waals surface area contributed by atoms with Crippen molar-refractivity contribution in [2.24, 2.45) is 22.5 Å². The van der Waals surface area contributed by atoms with Crippen LogP contribution in [-0.2, 0) is 4.94 Å². The number of nitrogens with two attached hydrogens (primary N) is 2. The first-order valence-electron chi connectivity index (χ1n) is 6.81. The molecule has 6 nitrogen and oxygen atoms in total. The van der Waals surface area contributed by atoms with E-state index in [2.05, 4.69) is 16.1 Å². The van der Waals surface area contributed by atoms with Gasteiger partial charge in [-0.15, -0.1) is 5.06 Å². The number of allylic oxidation sites excluding steroid dienone is 2. The zero-order valence-electron chi connectivity index (χ0n) is 11.2. The van der Waals surface area contributed by atoms with Crippen LogP contribution in [0.25, 0.3) is 0 Å². The van der Waals surface area contributed by atoms with Crippen molar-refractivity contribution in [3.05, 3.63) is 23.5 Å². The lowest BCUT2D eigenvalue weighted by Gasteiger charge is -2.38. The molecule has 1 unspecified atom stereocenters. The Bertz CT molecular complexity index is 448. The van der Waals surface area contributed by atoms with E-state index < -0.39 is 0 Å². The summed E-state index contributed by atoms with van der Waals surface area (Å²) in [4.78, 5) is 7.65. The van der Waals surface area contributed by atoms with E-state index in [9.17, 15) is 0 Å². The van der Waals surface area contributed by atoms with Crippen molar-refractivity contribution in [1.29, 1.82) is 0 Å². The predicted octanol–water partition coefficient (Wildman–Crippen LogP) is -0.00120. The predicted molar refractivity (Wildman–Crippen MR) is 73.8 cm³/mol. The highest BCUT2D eigenvalue weighted by Gasteiger charge is 2.38. The Kier molecular flexibility index (Phi) is 3.20. The fourth-order valence-corrected chi connectivity index (χ4v) is 2.97. The molecule has 2 aliphatic heterocycles. The number of oxime groups is 1. The molecule has 3 aliphatic rings. The highest BCUT2D eigenvalue weighted by atomic mass is 16.8. The Hall–Kier alpha value is -1.53. The smallest absolute Gasteiger partial charge is 0.135 e. The molecular formula is C13H21N5O. The van der Waals surface area contributed by atoms with Crippen molar-refractivity contribution in [1.82, 2.24) is 9.96 Å². The molecule has 104 valence electrons. The standard InChI is InChI=1S/C13H21N5O/c1-17-13-11(3-2-10(15)12(13)16-19-17)18-6-4-9(8-14)5-7-18/h2-3,9,13H,4-8,14-15H2,1H3. The van der Waals surface area contributed by atoms with Crippen LogP contribution in [0.5, 0.6) is 0 Å². The van der Waals surface area contributed by atoms with E-state index in [1.807, 2.05) is 13.1 Å². The fourth-order valence-electron chi connectivity index (χ4n) is 2.97. The Labute approximate surface area is 113 Å². The molecule has 1 atom stereocenters. The molecule has 6 heteroatoms. The average Bonchev–Trinajstić information content (AvgIpc) is 2.83. The second-order valence-electron chi connectivity index (χ2n) is 5.39. The van der Waals surface area contributed by atoms with Gasteiger partial charge in [0.1, 0.15) is 11.8 Å². The second kappa shape index (κ2) is 4.86. The molecule has 0 spiro atoms. The largest absolute Gasteiger partial charge is 0.397 e. The van der Waals surface area contributed by atoms with Crippen molar-refractivity contribution in [2.75, 3.05) is 26.7 Å². The van der Waals surface area contributed by atoms with Gasteiger partial charge in [0.05, 0.1) is 5.70 Å². The number of rotatable bonds is 2. The maximum Gasteiger partial charge on any atom is 0.135 e. The van der Waals surface area contributed by atoms with Crippen LogP contribution in [0.15, 0.2) is 28.7 Å². The van der Waals surface area contributed by atoms with E-state index >= 15 is 0 Å². The van der Waals surface area contributed by atoms with Gasteiger partial charge in [-0.05, 0) is 37.5 Å². The second-order valence-corrected chi connectivity index (χ2v) is 5.39. The van der Waals surface area contributed by atoms with Crippen molar-refractivity contribution in [3.63, 3.8) is 0 Å². The summed E-state index contributed by atoms with van der Waals surface area (Å²) in [5, 5.41) is 5.82. The van der Waals surface area contributed by atoms with Crippen LogP contribution < -0.4 is 11.5 Å². The van der Waals surface area contributed by atoms with Crippen molar-refractivity contribution in [2.45, 2.75) is 18.9 Å². The average molecular weight is 263 g/mol. The molecule has 19 heavy (non-hydrogen) atoms. The van der Waals surface area contributed by atoms with Crippen LogP contribution in [0.1, 0.15) is 12.8 Å². The third-order valence-corrected chi connectivity index (χ3v) is 4.21. The molecule has 0 bridgehead atoms. The van der Waals surface area contributed by atoms with Gasteiger partial charge in [-0.3, -0.25) is 4.94 Å². The number of hydroxylamine groups is 2. The molecular weight excluding hydrogens is 242 g/mol. The summed E-state index contributed by atoms with van der Waals surface area (Å²) in [7, 11) is 1.89. The number of fused-ring (bicyclic) bond motifs is 1. The monoisotopic (exact) mass is 263 g/mol. The van der Waals surface area contributed by atoms with Gasteiger partial charge in [0, 0.05) is 25.8 Å². The molecule has 0 amide bonds. The minimum Gasteiger partial charge on any atom is -0.397 e. The maximum atomic E-state index is 5.96. The number of likely N-dealkylation sites (tertiary alicyclic amines) is 1. The molecule has 0 radical (unpaired) electrons. The molecule has 1 fully saturated rings. The maximum absolute atomic E-state index is 5.96. The SMILES string of the molecule is CN1ON=C2C(N)=CC=C(N3CCC(CN)CC3)C21. The molecule has 4 N–H and O–H groups in total. The van der Waals surface area contributed by atoms with Gasteiger partial charge in [0.25, 0.3) is 0 Å². The van der Waals surface area contributed by atoms with E-state index in [0.717, 1.165) is 38.2 Å². The van der Waals surface area contributed by atoms with E-state index in [1.54, 1.807) is 5.06 Å². The van der Waals surface area contributed by atoms with Crippen LogP contribution in [0, 0.1) is 5.92 Å². The molecule has 0 aromatic rings. The number of hydrogen-bond donors (Lipinski definition) is 2. The van der Waals surface area contributed by atoms with Crippen LogP contribution in [-0.4, -0.2) is 48.4 Å². The minimum absolute atomic E-state index is 0.0272. The lowest BCUT2D eigenvalue weighted by atomic mass is 9.93. The third-order valence-electron chi connectivity index (χ3n) is 4.21. The van der Waals surface area contributed by atoms with Crippen LogP contribution in [0.4, 0.5) is 0 Å². The molecule has 0 aromatic heterocycles. The van der Waals surface area contributed by atoms with Gasteiger partial charge in [0.15, 0.2) is 0 Å². The first-order valence-corrected chi connectivity index (χ1v) is 6.81. The van der Waals surface area contributed by atoms with Gasteiger partial charge in [0.2, 0.25) is 0 Å². The molecule has 0 saturated carbocycles. The van der Waals surface area contributed by atoms with Gasteiger partial charge >= 0.3 is 0 Å². The third kappa shape index (κ3) is 2.11. The summed E-state index contributed by atoms with van der Waals surface area (Å²) in [5.41, 5.74) is 14.4. The number of nitrogens with zero attached hydrogens (tertiary/aromatic N) is 3. The van der Waals surface area contributed by atoms with Gasteiger partial charge in [-0.1, -0.05) is 5.16 Å². The molecule has 3 rings (SSSR count). The molecule has 2 heterocycles. The van der Waals surface area contributed by atoms with Crippen molar-refractivity contribution in [3.8, 4) is 0 Å². The van der Waals surface area contributed by atoms with Crippen molar-refractivity contribution >= 4 is 5.71 Å². The minimum atomic E-state index is 0.0272. The fraction of sp³-hybridized carbons (Fsp3) is 0.615. The van der Waals surface area contributed by atoms with Crippen LogP contribution >= 0.6 is 0 Å². The lowest BCUT2D eigenvalue weighted by Crippen LogP contribution is -2.46. The Morgan fingerprint density at radius 2 is 2.11 bits per heavy atom. The normalized spacial score (nSPS) is 28.4. The van der Waals surface area contributed by atoms with Crippen LogP contribution in [0.3, 0.4) is 0 Å². The zero-order valence-corrected chi connectivity index (χ0v) is 11.2. The summed E-state index contributed by atoms with van der Waals surface area (Å²) >= 11 is 0. The number of hydrogen-bond acceptors (Lipinski definition) is 6. The zero-order chi connectivity index (χ0) is 13.4.